The number of anilines is 1. The lowest BCUT2D eigenvalue weighted by atomic mass is 9.99. The van der Waals surface area contributed by atoms with Gasteiger partial charge in [-0.3, -0.25) is 14.3 Å². The summed E-state index contributed by atoms with van der Waals surface area (Å²) in [6.07, 6.45) is -0.541. The van der Waals surface area contributed by atoms with Gasteiger partial charge in [0.25, 0.3) is 11.8 Å². The summed E-state index contributed by atoms with van der Waals surface area (Å²) in [5.74, 6) is -3.45. The van der Waals surface area contributed by atoms with E-state index in [4.69, 9.17) is 0 Å². The summed E-state index contributed by atoms with van der Waals surface area (Å²) in [4.78, 5) is 24.5. The maximum absolute atomic E-state index is 14.9. The highest BCUT2D eigenvalue weighted by Gasteiger charge is 2.36. The molecular formula is C26H18F5N7O2. The Kier molecular flexibility index (Phi) is 6.83. The molecule has 0 saturated carbocycles. The molecule has 3 heterocycles. The molecule has 2 aromatic heterocycles. The van der Waals surface area contributed by atoms with Crippen LogP contribution in [0.3, 0.4) is 0 Å². The minimum absolute atomic E-state index is 0.0260. The first-order valence-electron chi connectivity index (χ1n) is 11.7. The first-order valence-corrected chi connectivity index (χ1v) is 11.7. The molecule has 0 radical (unpaired) electrons. The summed E-state index contributed by atoms with van der Waals surface area (Å²) in [6.45, 7) is 0. The van der Waals surface area contributed by atoms with Gasteiger partial charge >= 0.3 is 6.18 Å². The molecular weight excluding hydrogens is 537 g/mol. The quantitative estimate of drug-likeness (QED) is 0.327. The van der Waals surface area contributed by atoms with Crippen molar-refractivity contribution < 1.29 is 31.5 Å². The van der Waals surface area contributed by atoms with Gasteiger partial charge in [0.1, 0.15) is 17.5 Å². The summed E-state index contributed by atoms with van der Waals surface area (Å²) < 4.78 is 72.1. The van der Waals surface area contributed by atoms with Gasteiger partial charge in [0.2, 0.25) is 0 Å². The van der Waals surface area contributed by atoms with E-state index < -0.39 is 52.4 Å². The lowest BCUT2D eigenvalue weighted by molar-refractivity contribution is -0.137. The van der Waals surface area contributed by atoms with Crippen LogP contribution in [0.15, 0.2) is 77.1 Å². The van der Waals surface area contributed by atoms with Crippen molar-refractivity contribution in [2.24, 2.45) is 17.3 Å². The van der Waals surface area contributed by atoms with E-state index in [2.05, 4.69) is 25.7 Å². The van der Waals surface area contributed by atoms with E-state index in [0.29, 0.717) is 11.4 Å². The van der Waals surface area contributed by atoms with Crippen LogP contribution < -0.4 is 5.32 Å². The summed E-state index contributed by atoms with van der Waals surface area (Å²) in [5, 5.41) is 18.2. The van der Waals surface area contributed by atoms with Crippen LogP contribution in [0, 0.1) is 11.6 Å². The Morgan fingerprint density at radius 2 is 1.80 bits per heavy atom. The van der Waals surface area contributed by atoms with E-state index in [1.54, 1.807) is 0 Å². The number of carbonyl (C=O) groups is 2. The summed E-state index contributed by atoms with van der Waals surface area (Å²) >= 11 is 0. The number of hydrogen-bond acceptors (Lipinski definition) is 5. The van der Waals surface area contributed by atoms with Gasteiger partial charge in [-0.1, -0.05) is 6.08 Å². The van der Waals surface area contributed by atoms with Crippen LogP contribution in [0.5, 0.6) is 0 Å². The van der Waals surface area contributed by atoms with Crippen LogP contribution in [-0.4, -0.2) is 37.4 Å². The molecule has 204 valence electrons. The zero-order chi connectivity index (χ0) is 28.6. The second kappa shape index (κ2) is 10.3. The molecule has 0 fully saturated rings. The largest absolute Gasteiger partial charge is 0.417 e. The minimum Gasteiger partial charge on any atom is -0.306 e. The Morgan fingerprint density at radius 3 is 2.42 bits per heavy atom. The Balaban J connectivity index is 1.52. The molecule has 4 aromatic rings. The first kappa shape index (κ1) is 26.6. The second-order valence-corrected chi connectivity index (χ2v) is 8.80. The SMILES string of the molecule is Cn1ccc(-c2cc(C(=O)Nc3cc(CC4C=CC(=O)N=N4)nn3-c3ccc(F)cc3)c(F)cc2C(F)(F)F)n1. The van der Waals surface area contributed by atoms with Gasteiger partial charge in [-0.2, -0.15) is 28.5 Å². The lowest BCUT2D eigenvalue weighted by Crippen LogP contribution is -2.18. The van der Waals surface area contributed by atoms with Gasteiger partial charge < -0.3 is 5.32 Å². The molecule has 1 N–H and O–H groups in total. The number of rotatable bonds is 6. The summed E-state index contributed by atoms with van der Waals surface area (Å²) in [6, 6.07) is 8.39. The number of aromatic nitrogens is 4. The van der Waals surface area contributed by atoms with Crippen molar-refractivity contribution in [1.29, 1.82) is 0 Å². The van der Waals surface area contributed by atoms with Crippen molar-refractivity contribution in [1.82, 2.24) is 19.6 Å². The Hall–Kier alpha value is -5.01. The zero-order valence-electron chi connectivity index (χ0n) is 20.5. The van der Waals surface area contributed by atoms with E-state index in [-0.39, 0.29) is 24.0 Å². The number of azo groups is 1. The highest BCUT2D eigenvalue weighted by molar-refractivity contribution is 6.05. The van der Waals surface area contributed by atoms with Crippen LogP contribution in [-0.2, 0) is 24.4 Å². The average molecular weight is 555 g/mol. The van der Waals surface area contributed by atoms with Gasteiger partial charge in [0.05, 0.1) is 34.2 Å². The predicted octanol–water partition coefficient (Wildman–Crippen LogP) is 5.28. The van der Waals surface area contributed by atoms with Crippen LogP contribution in [0.2, 0.25) is 0 Å². The first-order chi connectivity index (χ1) is 19.0. The van der Waals surface area contributed by atoms with Gasteiger partial charge in [-0.15, -0.1) is 5.11 Å². The molecule has 1 aliphatic rings. The number of alkyl halides is 3. The highest BCUT2D eigenvalue weighted by atomic mass is 19.4. The fraction of sp³-hybridized carbons (Fsp3) is 0.154. The van der Waals surface area contributed by atoms with Crippen LogP contribution in [0.4, 0.5) is 27.8 Å². The summed E-state index contributed by atoms with van der Waals surface area (Å²) in [7, 11) is 1.50. The van der Waals surface area contributed by atoms with Crippen molar-refractivity contribution in [3.05, 3.63) is 95.3 Å². The van der Waals surface area contributed by atoms with Crippen molar-refractivity contribution in [3.8, 4) is 16.9 Å². The van der Waals surface area contributed by atoms with Crippen LogP contribution >= 0.6 is 0 Å². The number of halogens is 5. The molecule has 2 aromatic carbocycles. The Labute approximate surface area is 222 Å². The molecule has 0 aliphatic carbocycles. The normalized spacial score (nSPS) is 15.1. The molecule has 1 atom stereocenters. The zero-order valence-corrected chi connectivity index (χ0v) is 20.5. The van der Waals surface area contributed by atoms with Crippen molar-refractivity contribution >= 4 is 17.6 Å². The smallest absolute Gasteiger partial charge is 0.306 e. The van der Waals surface area contributed by atoms with E-state index in [1.807, 2.05) is 0 Å². The van der Waals surface area contributed by atoms with Crippen LogP contribution in [0.25, 0.3) is 16.9 Å². The highest BCUT2D eigenvalue weighted by Crippen LogP contribution is 2.38. The number of carbonyl (C=O) groups excluding carboxylic acids is 2. The fourth-order valence-corrected chi connectivity index (χ4v) is 4.05. The molecule has 9 nitrogen and oxygen atoms in total. The average Bonchev–Trinajstić information content (AvgIpc) is 3.51. The maximum Gasteiger partial charge on any atom is 0.417 e. The molecule has 40 heavy (non-hydrogen) atoms. The molecule has 5 rings (SSSR count). The molecule has 2 amide bonds. The monoisotopic (exact) mass is 555 g/mol. The second-order valence-electron chi connectivity index (χ2n) is 8.80. The molecule has 0 saturated heterocycles. The van der Waals surface area contributed by atoms with E-state index in [1.165, 1.54) is 71.2 Å². The van der Waals surface area contributed by atoms with Gasteiger partial charge in [-0.25, -0.2) is 13.5 Å². The maximum atomic E-state index is 14.9. The number of amides is 2. The number of benzene rings is 2. The predicted molar refractivity (Wildman–Crippen MR) is 132 cm³/mol. The standard InChI is InChI=1S/C26H18F5N7O2/c1-37-9-8-22(36-37)18-12-19(21(28)13-20(18)26(29,30)31)25(40)32-23-11-16(10-15-4-7-24(39)34-33-15)35-38(23)17-5-2-14(27)3-6-17/h2-9,11-13,15H,10H2,1H3,(H,32,40). The van der Waals surface area contributed by atoms with Gasteiger partial charge in [-0.05, 0) is 42.5 Å². The number of nitrogens with one attached hydrogen (secondary N) is 1. The third-order valence-electron chi connectivity index (χ3n) is 5.90. The van der Waals surface area contributed by atoms with E-state index >= 15 is 0 Å². The Morgan fingerprint density at radius 1 is 1.05 bits per heavy atom. The Bertz CT molecular complexity index is 1650. The molecule has 1 unspecified atom stereocenters. The third-order valence-corrected chi connectivity index (χ3v) is 5.90. The molecule has 14 heteroatoms. The molecule has 0 bridgehead atoms. The third kappa shape index (κ3) is 5.55. The van der Waals surface area contributed by atoms with Gasteiger partial charge in [0.15, 0.2) is 0 Å². The van der Waals surface area contributed by atoms with E-state index in [0.717, 1.165) is 6.07 Å². The molecule has 0 spiro atoms. The number of aryl methyl sites for hydroxylation is 1. The molecule has 1 aliphatic heterocycles. The number of nitrogens with zero attached hydrogens (tertiary/aromatic N) is 6. The van der Waals surface area contributed by atoms with Crippen molar-refractivity contribution in [3.63, 3.8) is 0 Å². The fourth-order valence-electron chi connectivity index (χ4n) is 4.05. The van der Waals surface area contributed by atoms with Gasteiger partial charge in [0, 0.05) is 37.4 Å². The van der Waals surface area contributed by atoms with Crippen molar-refractivity contribution in [2.45, 2.75) is 18.6 Å². The lowest BCUT2D eigenvalue weighted by Gasteiger charge is -2.15. The summed E-state index contributed by atoms with van der Waals surface area (Å²) in [5.41, 5.74) is -1.81. The number of hydrogen-bond donors (Lipinski definition) is 1. The topological polar surface area (TPSA) is 107 Å². The van der Waals surface area contributed by atoms with Crippen molar-refractivity contribution in [2.75, 3.05) is 5.32 Å². The van der Waals surface area contributed by atoms with E-state index in [9.17, 15) is 31.5 Å². The van der Waals surface area contributed by atoms with Crippen LogP contribution in [0.1, 0.15) is 21.6 Å². The minimum atomic E-state index is -4.91.